The number of benzene rings is 1. The third kappa shape index (κ3) is 3.21. The van der Waals surface area contributed by atoms with Gasteiger partial charge >= 0.3 is 5.97 Å². The molecule has 1 fully saturated rings. The molecule has 2 rings (SSSR count). The van der Waals surface area contributed by atoms with Gasteiger partial charge in [-0.05, 0) is 40.4 Å². The van der Waals surface area contributed by atoms with Gasteiger partial charge < -0.3 is 15.2 Å². The quantitative estimate of drug-likeness (QED) is 0.807. The summed E-state index contributed by atoms with van der Waals surface area (Å²) in [5, 5.41) is 11.9. The van der Waals surface area contributed by atoms with Crippen molar-refractivity contribution in [1.29, 1.82) is 0 Å². The van der Waals surface area contributed by atoms with Crippen molar-refractivity contribution in [3.05, 3.63) is 26.6 Å². The van der Waals surface area contributed by atoms with Gasteiger partial charge in [-0.2, -0.15) is 0 Å². The zero-order valence-corrected chi connectivity index (χ0v) is 13.8. The number of ether oxygens (including phenoxy) is 1. The summed E-state index contributed by atoms with van der Waals surface area (Å²) < 4.78 is 6.50. The summed E-state index contributed by atoms with van der Waals surface area (Å²) in [6.45, 7) is 2.48. The van der Waals surface area contributed by atoms with Gasteiger partial charge in [0.25, 0.3) is 5.91 Å². The molecular weight excluding hydrogens is 394 g/mol. The van der Waals surface area contributed by atoms with Crippen molar-refractivity contribution < 1.29 is 19.4 Å². The van der Waals surface area contributed by atoms with Gasteiger partial charge in [-0.15, -0.1) is 0 Å². The third-order valence-corrected chi connectivity index (χ3v) is 4.26. The van der Waals surface area contributed by atoms with E-state index in [4.69, 9.17) is 4.74 Å². The number of hydrogen-bond acceptors (Lipinski definition) is 3. The van der Waals surface area contributed by atoms with E-state index in [0.29, 0.717) is 15.6 Å². The first-order valence-corrected chi connectivity index (χ1v) is 7.63. The third-order valence-electron chi connectivity index (χ3n) is 3.18. The summed E-state index contributed by atoms with van der Waals surface area (Å²) >= 11 is 6.50. The van der Waals surface area contributed by atoms with Gasteiger partial charge in [0.1, 0.15) is 6.10 Å². The van der Waals surface area contributed by atoms with Crippen molar-refractivity contribution in [2.24, 2.45) is 5.92 Å². The topological polar surface area (TPSA) is 75.6 Å². The lowest BCUT2D eigenvalue weighted by Gasteiger charge is -2.17. The van der Waals surface area contributed by atoms with E-state index in [2.05, 4.69) is 37.2 Å². The van der Waals surface area contributed by atoms with Gasteiger partial charge in [0.05, 0.1) is 11.3 Å². The predicted octanol–water partition coefficient (Wildman–Crippen LogP) is 3.27. The molecule has 2 unspecified atom stereocenters. The minimum Gasteiger partial charge on any atom is -0.478 e. The molecule has 2 N–H and O–H groups in total. The molecule has 1 aliphatic heterocycles. The molecule has 0 bridgehead atoms. The Bertz CT molecular complexity index is 562. The molecule has 5 nitrogen and oxygen atoms in total. The lowest BCUT2D eigenvalue weighted by atomic mass is 10.0. The van der Waals surface area contributed by atoms with Crippen molar-refractivity contribution in [1.82, 2.24) is 0 Å². The van der Waals surface area contributed by atoms with E-state index in [-0.39, 0.29) is 23.1 Å². The van der Waals surface area contributed by atoms with Crippen LogP contribution in [0.5, 0.6) is 0 Å². The van der Waals surface area contributed by atoms with E-state index in [9.17, 15) is 14.7 Å². The highest BCUT2D eigenvalue weighted by atomic mass is 79.9. The number of hydrogen-bond donors (Lipinski definition) is 2. The van der Waals surface area contributed by atoms with E-state index in [1.807, 2.05) is 6.92 Å². The molecule has 108 valence electrons. The Balaban J connectivity index is 2.29. The van der Waals surface area contributed by atoms with E-state index in [0.717, 1.165) is 6.42 Å². The van der Waals surface area contributed by atoms with Gasteiger partial charge in [-0.25, -0.2) is 4.79 Å². The zero-order valence-electron chi connectivity index (χ0n) is 10.7. The van der Waals surface area contributed by atoms with Gasteiger partial charge in [-0.1, -0.05) is 22.9 Å². The molecule has 20 heavy (non-hydrogen) atoms. The zero-order chi connectivity index (χ0) is 14.9. The normalized spacial score (nSPS) is 21.8. The monoisotopic (exact) mass is 405 g/mol. The fourth-order valence-electron chi connectivity index (χ4n) is 2.09. The molecule has 1 saturated heterocycles. The fourth-order valence-corrected chi connectivity index (χ4v) is 3.42. The summed E-state index contributed by atoms with van der Waals surface area (Å²) in [4.78, 5) is 23.4. The highest BCUT2D eigenvalue weighted by Crippen LogP contribution is 2.32. The Labute approximate surface area is 132 Å². The van der Waals surface area contributed by atoms with Crippen LogP contribution < -0.4 is 5.32 Å². The van der Waals surface area contributed by atoms with Crippen molar-refractivity contribution in [3.8, 4) is 0 Å². The molecule has 7 heteroatoms. The van der Waals surface area contributed by atoms with Gasteiger partial charge in [0.15, 0.2) is 0 Å². The Morgan fingerprint density at radius 2 is 2.10 bits per heavy atom. The molecule has 0 aromatic heterocycles. The van der Waals surface area contributed by atoms with Crippen LogP contribution in [0.25, 0.3) is 0 Å². The van der Waals surface area contributed by atoms with Crippen LogP contribution in [-0.2, 0) is 9.53 Å². The van der Waals surface area contributed by atoms with Gasteiger partial charge in [0, 0.05) is 15.6 Å². The molecular formula is C13H13Br2NO4. The first kappa shape index (κ1) is 15.5. The van der Waals surface area contributed by atoms with Crippen LogP contribution in [0.1, 0.15) is 23.7 Å². The van der Waals surface area contributed by atoms with Crippen LogP contribution in [0.3, 0.4) is 0 Å². The van der Waals surface area contributed by atoms with E-state index in [1.165, 1.54) is 6.07 Å². The smallest absolute Gasteiger partial charge is 0.337 e. The van der Waals surface area contributed by atoms with Crippen LogP contribution >= 0.6 is 31.9 Å². The SMILES string of the molecule is CC1CCOC1C(=O)Nc1c(Br)cc(Br)cc1C(=O)O. The van der Waals surface area contributed by atoms with Crippen molar-refractivity contribution >= 4 is 49.4 Å². The minimum absolute atomic E-state index is 0.0188. The Hall–Kier alpha value is -0.920. The first-order valence-electron chi connectivity index (χ1n) is 6.05. The summed E-state index contributed by atoms with van der Waals surface area (Å²) in [6.07, 6.45) is 0.290. The number of halogens is 2. The highest BCUT2D eigenvalue weighted by molar-refractivity contribution is 9.11. The average molecular weight is 407 g/mol. The van der Waals surface area contributed by atoms with Crippen LogP contribution in [0.2, 0.25) is 0 Å². The minimum atomic E-state index is -1.11. The number of anilines is 1. The molecule has 1 heterocycles. The lowest BCUT2D eigenvalue weighted by molar-refractivity contribution is -0.126. The van der Waals surface area contributed by atoms with Gasteiger partial charge in [-0.3, -0.25) is 4.79 Å². The Morgan fingerprint density at radius 1 is 1.40 bits per heavy atom. The van der Waals surface area contributed by atoms with Crippen molar-refractivity contribution in [2.45, 2.75) is 19.4 Å². The summed E-state index contributed by atoms with van der Waals surface area (Å²) in [5.74, 6) is -1.30. The second-order valence-electron chi connectivity index (χ2n) is 4.66. The fraction of sp³-hybridized carbons (Fsp3) is 0.385. The summed E-state index contributed by atoms with van der Waals surface area (Å²) in [6, 6.07) is 3.13. The second-order valence-corrected chi connectivity index (χ2v) is 6.43. The maximum atomic E-state index is 12.2. The molecule has 1 aliphatic rings. The lowest BCUT2D eigenvalue weighted by Crippen LogP contribution is -2.32. The largest absolute Gasteiger partial charge is 0.478 e. The number of carboxylic acids is 1. The van der Waals surface area contributed by atoms with E-state index < -0.39 is 12.1 Å². The van der Waals surface area contributed by atoms with Crippen LogP contribution in [0.15, 0.2) is 21.1 Å². The number of amides is 1. The molecule has 0 aliphatic carbocycles. The van der Waals surface area contributed by atoms with Gasteiger partial charge in [0.2, 0.25) is 0 Å². The van der Waals surface area contributed by atoms with Crippen LogP contribution in [0, 0.1) is 5.92 Å². The van der Waals surface area contributed by atoms with E-state index in [1.54, 1.807) is 6.07 Å². The number of carbonyl (C=O) groups is 2. The van der Waals surface area contributed by atoms with Crippen molar-refractivity contribution in [3.63, 3.8) is 0 Å². The molecule has 0 spiro atoms. The molecule has 0 radical (unpaired) electrons. The molecule has 1 amide bonds. The predicted molar refractivity (Wildman–Crippen MR) is 81.0 cm³/mol. The molecule has 2 atom stereocenters. The molecule has 1 aromatic rings. The maximum absolute atomic E-state index is 12.2. The summed E-state index contributed by atoms with van der Waals surface area (Å²) in [7, 11) is 0. The Morgan fingerprint density at radius 3 is 2.65 bits per heavy atom. The van der Waals surface area contributed by atoms with Crippen LogP contribution in [-0.4, -0.2) is 29.7 Å². The molecule has 1 aromatic carbocycles. The number of rotatable bonds is 3. The number of nitrogens with one attached hydrogen (secondary N) is 1. The van der Waals surface area contributed by atoms with E-state index >= 15 is 0 Å². The van der Waals surface area contributed by atoms with Crippen molar-refractivity contribution in [2.75, 3.05) is 11.9 Å². The first-order chi connectivity index (χ1) is 9.40. The average Bonchev–Trinajstić information content (AvgIpc) is 2.78. The second kappa shape index (κ2) is 6.24. The Kier molecular flexibility index (Phi) is 4.82. The molecule has 0 saturated carbocycles. The highest BCUT2D eigenvalue weighted by Gasteiger charge is 2.32. The maximum Gasteiger partial charge on any atom is 0.337 e. The standard InChI is InChI=1S/C13H13Br2NO4/c1-6-2-3-20-11(6)12(17)16-10-8(13(18)19)4-7(14)5-9(10)15/h4-6,11H,2-3H2,1H3,(H,16,17)(H,18,19). The number of carboxylic acid groups (broad SMARTS) is 1. The number of aromatic carboxylic acids is 1. The summed E-state index contributed by atoms with van der Waals surface area (Å²) in [5.41, 5.74) is 0.263. The number of carbonyl (C=O) groups excluding carboxylic acids is 1. The van der Waals surface area contributed by atoms with Crippen LogP contribution in [0.4, 0.5) is 5.69 Å².